The number of nitrogens with zero attached hydrogens (tertiary/aromatic N) is 1. The van der Waals surface area contributed by atoms with Gasteiger partial charge >= 0.3 is 5.97 Å². The lowest BCUT2D eigenvalue weighted by atomic mass is 10.2. The van der Waals surface area contributed by atoms with Crippen LogP contribution in [-0.4, -0.2) is 67.4 Å². The van der Waals surface area contributed by atoms with E-state index in [4.69, 9.17) is 9.84 Å². The molecule has 0 aliphatic carbocycles. The van der Waals surface area contributed by atoms with Crippen molar-refractivity contribution in [1.82, 2.24) is 4.31 Å². The molecule has 0 spiro atoms. The third-order valence-electron chi connectivity index (χ3n) is 2.69. The van der Waals surface area contributed by atoms with Gasteiger partial charge in [-0.05, 0) is 6.42 Å². The van der Waals surface area contributed by atoms with Gasteiger partial charge in [0.25, 0.3) is 0 Å². The monoisotopic (exact) mass is 297 g/mol. The second-order valence-electron chi connectivity index (χ2n) is 4.10. The first-order valence-corrected chi connectivity index (χ1v) is 8.51. The number of hydrogen-bond acceptors (Lipinski definition) is 5. The van der Waals surface area contributed by atoms with Crippen molar-refractivity contribution in [3.8, 4) is 0 Å². The van der Waals surface area contributed by atoms with E-state index in [0.717, 1.165) is 5.75 Å². The summed E-state index contributed by atoms with van der Waals surface area (Å²) in [4.78, 5) is 10.7. The Hall–Kier alpha value is -0.310. The number of carboxylic acids is 1. The SMILES string of the molecule is COCCCS(=O)(=O)N1CCSCC1CC(=O)O. The molecule has 0 aromatic rings. The highest BCUT2D eigenvalue weighted by molar-refractivity contribution is 7.99. The fourth-order valence-corrected chi connectivity index (χ4v) is 4.83. The summed E-state index contributed by atoms with van der Waals surface area (Å²) in [6.45, 7) is 0.795. The lowest BCUT2D eigenvalue weighted by Crippen LogP contribution is -2.47. The molecule has 1 heterocycles. The smallest absolute Gasteiger partial charge is 0.305 e. The van der Waals surface area contributed by atoms with E-state index in [1.54, 1.807) is 11.8 Å². The van der Waals surface area contributed by atoms with Gasteiger partial charge in [-0.1, -0.05) is 0 Å². The van der Waals surface area contributed by atoms with E-state index in [1.165, 1.54) is 11.4 Å². The van der Waals surface area contributed by atoms with Crippen molar-refractivity contribution < 1.29 is 23.1 Å². The predicted octanol–water partition coefficient (Wildman–Crippen LogP) is 0.245. The molecule has 6 nitrogen and oxygen atoms in total. The highest BCUT2D eigenvalue weighted by Gasteiger charge is 2.33. The minimum absolute atomic E-state index is 0.0155. The van der Waals surface area contributed by atoms with Gasteiger partial charge in [-0.3, -0.25) is 4.79 Å². The number of thioether (sulfide) groups is 1. The van der Waals surface area contributed by atoms with Crippen LogP contribution in [0.3, 0.4) is 0 Å². The molecular weight excluding hydrogens is 278 g/mol. The van der Waals surface area contributed by atoms with Crippen molar-refractivity contribution in [3.63, 3.8) is 0 Å². The van der Waals surface area contributed by atoms with Crippen LogP contribution in [0, 0.1) is 0 Å². The molecule has 1 N–H and O–H groups in total. The van der Waals surface area contributed by atoms with Crippen LogP contribution in [0.2, 0.25) is 0 Å². The van der Waals surface area contributed by atoms with Crippen LogP contribution >= 0.6 is 11.8 Å². The molecule has 18 heavy (non-hydrogen) atoms. The van der Waals surface area contributed by atoms with Crippen molar-refractivity contribution in [2.24, 2.45) is 0 Å². The molecule has 1 fully saturated rings. The van der Waals surface area contributed by atoms with E-state index < -0.39 is 22.0 Å². The number of carbonyl (C=O) groups is 1. The van der Waals surface area contributed by atoms with Crippen LogP contribution in [0.5, 0.6) is 0 Å². The summed E-state index contributed by atoms with van der Waals surface area (Å²) in [7, 11) is -1.85. The molecule has 1 aliphatic heterocycles. The molecule has 0 bridgehead atoms. The maximum atomic E-state index is 12.1. The Morgan fingerprint density at radius 1 is 1.56 bits per heavy atom. The maximum absolute atomic E-state index is 12.1. The Kier molecular flexibility index (Phi) is 6.40. The Labute approximate surface area is 112 Å². The molecule has 0 amide bonds. The van der Waals surface area contributed by atoms with Crippen molar-refractivity contribution in [2.45, 2.75) is 18.9 Å². The molecule has 1 unspecified atom stereocenters. The molecule has 0 saturated carbocycles. The molecule has 106 valence electrons. The topological polar surface area (TPSA) is 83.9 Å². The third kappa shape index (κ3) is 4.75. The van der Waals surface area contributed by atoms with Gasteiger partial charge in [-0.2, -0.15) is 16.1 Å². The predicted molar refractivity (Wildman–Crippen MR) is 70.4 cm³/mol. The third-order valence-corrected chi connectivity index (χ3v) is 5.78. The lowest BCUT2D eigenvalue weighted by molar-refractivity contribution is -0.137. The van der Waals surface area contributed by atoms with E-state index in [-0.39, 0.29) is 12.2 Å². The van der Waals surface area contributed by atoms with Gasteiger partial charge in [-0.25, -0.2) is 8.42 Å². The summed E-state index contributed by atoms with van der Waals surface area (Å²) in [5.41, 5.74) is 0. The van der Waals surface area contributed by atoms with Crippen molar-refractivity contribution in [3.05, 3.63) is 0 Å². The van der Waals surface area contributed by atoms with Crippen molar-refractivity contribution in [2.75, 3.05) is 37.5 Å². The van der Waals surface area contributed by atoms with Crippen LogP contribution < -0.4 is 0 Å². The molecule has 8 heteroatoms. The van der Waals surface area contributed by atoms with Gasteiger partial charge in [0.05, 0.1) is 12.2 Å². The standard InChI is InChI=1S/C10H19NO5S2/c1-16-4-2-6-18(14,15)11-3-5-17-8-9(11)7-10(12)13/h9H,2-8H2,1H3,(H,12,13). The molecular formula is C10H19NO5S2. The average molecular weight is 297 g/mol. The minimum atomic E-state index is -3.37. The molecule has 1 aliphatic rings. The summed E-state index contributed by atoms with van der Waals surface area (Å²) in [5.74, 6) is 0.330. The first-order chi connectivity index (χ1) is 8.47. The van der Waals surface area contributed by atoms with Gasteiger partial charge in [0.1, 0.15) is 0 Å². The van der Waals surface area contributed by atoms with Gasteiger partial charge < -0.3 is 9.84 Å². The Morgan fingerprint density at radius 2 is 2.28 bits per heavy atom. The zero-order chi connectivity index (χ0) is 13.6. The largest absolute Gasteiger partial charge is 0.481 e. The summed E-state index contributed by atoms with van der Waals surface area (Å²) < 4.78 is 30.4. The highest BCUT2D eigenvalue weighted by atomic mass is 32.2. The molecule has 0 aromatic carbocycles. The Morgan fingerprint density at radius 3 is 2.89 bits per heavy atom. The first-order valence-electron chi connectivity index (χ1n) is 5.75. The number of rotatable bonds is 7. The van der Waals surface area contributed by atoms with Crippen molar-refractivity contribution in [1.29, 1.82) is 0 Å². The first kappa shape index (κ1) is 15.7. The zero-order valence-electron chi connectivity index (χ0n) is 10.4. The number of carboxylic acid groups (broad SMARTS) is 1. The second-order valence-corrected chi connectivity index (χ2v) is 7.29. The van der Waals surface area contributed by atoms with Gasteiger partial charge in [0.2, 0.25) is 10.0 Å². The number of methoxy groups -OCH3 is 1. The van der Waals surface area contributed by atoms with E-state index in [0.29, 0.717) is 25.3 Å². The summed E-state index contributed by atoms with van der Waals surface area (Å²) in [5, 5.41) is 8.81. The highest BCUT2D eigenvalue weighted by Crippen LogP contribution is 2.22. The molecule has 1 rings (SSSR count). The summed E-state index contributed by atoms with van der Waals surface area (Å²) >= 11 is 1.60. The van der Waals surface area contributed by atoms with Gasteiger partial charge in [0, 0.05) is 37.8 Å². The van der Waals surface area contributed by atoms with E-state index in [2.05, 4.69) is 0 Å². The number of aliphatic carboxylic acids is 1. The van der Waals surface area contributed by atoms with Gasteiger partial charge in [-0.15, -0.1) is 0 Å². The fraction of sp³-hybridized carbons (Fsp3) is 0.900. The molecule has 1 atom stereocenters. The molecule has 1 saturated heterocycles. The van der Waals surface area contributed by atoms with E-state index >= 15 is 0 Å². The van der Waals surface area contributed by atoms with Crippen LogP contribution in [0.25, 0.3) is 0 Å². The minimum Gasteiger partial charge on any atom is -0.481 e. The van der Waals surface area contributed by atoms with Crippen LogP contribution in [0.1, 0.15) is 12.8 Å². The van der Waals surface area contributed by atoms with Crippen molar-refractivity contribution >= 4 is 27.8 Å². The van der Waals surface area contributed by atoms with Crippen LogP contribution in [-0.2, 0) is 19.6 Å². The summed E-state index contributed by atoms with van der Waals surface area (Å²) in [6.07, 6.45) is 0.304. The lowest BCUT2D eigenvalue weighted by Gasteiger charge is -2.33. The summed E-state index contributed by atoms with van der Waals surface area (Å²) in [6, 6.07) is -0.422. The Balaban J connectivity index is 2.66. The quantitative estimate of drug-likeness (QED) is 0.678. The zero-order valence-corrected chi connectivity index (χ0v) is 12.0. The molecule has 0 radical (unpaired) electrons. The normalized spacial score (nSPS) is 21.9. The van der Waals surface area contributed by atoms with Gasteiger partial charge in [0.15, 0.2) is 0 Å². The van der Waals surface area contributed by atoms with E-state index in [9.17, 15) is 13.2 Å². The number of sulfonamides is 1. The second kappa shape index (κ2) is 7.32. The van der Waals surface area contributed by atoms with E-state index in [1.807, 2.05) is 0 Å². The Bertz CT molecular complexity index is 370. The maximum Gasteiger partial charge on any atom is 0.305 e. The number of hydrogen-bond donors (Lipinski definition) is 1. The number of ether oxygens (including phenoxy) is 1. The van der Waals surface area contributed by atoms with Crippen LogP contribution in [0.15, 0.2) is 0 Å². The van der Waals surface area contributed by atoms with Crippen LogP contribution in [0.4, 0.5) is 0 Å². The molecule has 0 aromatic heterocycles. The fourth-order valence-electron chi connectivity index (χ4n) is 1.87. The average Bonchev–Trinajstić information content (AvgIpc) is 2.29.